The Hall–Kier alpha value is -3.38. The van der Waals surface area contributed by atoms with Crippen LogP contribution >= 0.6 is 11.3 Å². The van der Waals surface area contributed by atoms with Crippen molar-refractivity contribution in [3.63, 3.8) is 0 Å². The lowest BCUT2D eigenvalue weighted by atomic mass is 10.1. The molecule has 1 aliphatic rings. The van der Waals surface area contributed by atoms with Crippen molar-refractivity contribution in [2.45, 2.75) is 19.3 Å². The molecule has 2 amide bonds. The first-order valence-corrected chi connectivity index (χ1v) is 12.5. The number of carbonyl (C=O) groups is 2. The summed E-state index contributed by atoms with van der Waals surface area (Å²) in [5.74, 6) is 0.965. The van der Waals surface area contributed by atoms with Gasteiger partial charge in [-0.15, -0.1) is 11.3 Å². The van der Waals surface area contributed by atoms with Crippen LogP contribution < -0.4 is 4.74 Å². The van der Waals surface area contributed by atoms with Gasteiger partial charge in [-0.2, -0.15) is 0 Å². The molecule has 0 N–H and O–H groups in total. The largest absolute Gasteiger partial charge is 0.497 e. The molecule has 1 aromatic heterocycles. The van der Waals surface area contributed by atoms with Crippen LogP contribution in [0.25, 0.3) is 16.5 Å². The third-order valence-electron chi connectivity index (χ3n) is 6.02. The molecule has 0 atom stereocenters. The van der Waals surface area contributed by atoms with Gasteiger partial charge in [0.05, 0.1) is 7.11 Å². The number of thiophene rings is 1. The molecule has 5 nitrogen and oxygen atoms in total. The fourth-order valence-corrected chi connectivity index (χ4v) is 4.96. The number of carbonyl (C=O) groups excluding carboxylic acids is 2. The molecule has 0 unspecified atom stereocenters. The van der Waals surface area contributed by atoms with Crippen LogP contribution in [0, 0.1) is 0 Å². The number of ether oxygens (including phenoxy) is 1. The van der Waals surface area contributed by atoms with Crippen molar-refractivity contribution in [1.82, 2.24) is 9.80 Å². The second-order valence-electron chi connectivity index (χ2n) is 8.31. The molecule has 3 aromatic rings. The van der Waals surface area contributed by atoms with E-state index in [2.05, 4.69) is 18.2 Å². The topological polar surface area (TPSA) is 49.9 Å². The van der Waals surface area contributed by atoms with E-state index in [-0.39, 0.29) is 11.8 Å². The second-order valence-corrected chi connectivity index (χ2v) is 9.42. The highest BCUT2D eigenvalue weighted by Gasteiger charge is 2.20. The molecular formula is C28H30N2O3S. The van der Waals surface area contributed by atoms with Gasteiger partial charge in [0.25, 0.3) is 0 Å². The van der Waals surface area contributed by atoms with Gasteiger partial charge in [-0.05, 0) is 54.3 Å². The van der Waals surface area contributed by atoms with Gasteiger partial charge in [-0.3, -0.25) is 9.59 Å². The molecule has 176 valence electrons. The second kappa shape index (κ2) is 11.7. The van der Waals surface area contributed by atoms with Crippen molar-refractivity contribution in [1.29, 1.82) is 0 Å². The first-order chi connectivity index (χ1) is 16.6. The van der Waals surface area contributed by atoms with E-state index in [0.29, 0.717) is 39.0 Å². The summed E-state index contributed by atoms with van der Waals surface area (Å²) >= 11 is 1.67. The van der Waals surface area contributed by atoms with Gasteiger partial charge in [0.1, 0.15) is 5.75 Å². The highest BCUT2D eigenvalue weighted by atomic mass is 32.1. The van der Waals surface area contributed by atoms with E-state index in [1.165, 1.54) is 10.4 Å². The summed E-state index contributed by atoms with van der Waals surface area (Å²) in [6.45, 7) is 2.51. The predicted octanol–water partition coefficient (Wildman–Crippen LogP) is 5.13. The van der Waals surface area contributed by atoms with E-state index in [1.54, 1.807) is 24.5 Å². The Morgan fingerprint density at radius 1 is 0.912 bits per heavy atom. The molecule has 34 heavy (non-hydrogen) atoms. The summed E-state index contributed by atoms with van der Waals surface area (Å²) in [6.07, 6.45) is 5.52. The van der Waals surface area contributed by atoms with Crippen LogP contribution in [-0.2, 0) is 16.0 Å². The van der Waals surface area contributed by atoms with Crippen LogP contribution in [0.4, 0.5) is 0 Å². The van der Waals surface area contributed by atoms with Gasteiger partial charge in [-0.1, -0.05) is 42.5 Å². The zero-order valence-corrected chi connectivity index (χ0v) is 20.3. The molecular weight excluding hydrogens is 444 g/mol. The van der Waals surface area contributed by atoms with Gasteiger partial charge in [0.2, 0.25) is 11.8 Å². The van der Waals surface area contributed by atoms with E-state index in [1.807, 2.05) is 64.4 Å². The summed E-state index contributed by atoms with van der Waals surface area (Å²) in [7, 11) is 1.64. The fraction of sp³-hybridized carbons (Fsp3) is 0.286. The first-order valence-electron chi connectivity index (χ1n) is 11.7. The predicted molar refractivity (Wildman–Crippen MR) is 138 cm³/mol. The zero-order valence-electron chi connectivity index (χ0n) is 19.5. The van der Waals surface area contributed by atoms with Crippen molar-refractivity contribution in [2.24, 2.45) is 0 Å². The molecule has 0 radical (unpaired) electrons. The van der Waals surface area contributed by atoms with E-state index in [9.17, 15) is 9.59 Å². The molecule has 1 aliphatic heterocycles. The number of aryl methyl sites for hydroxylation is 1. The SMILES string of the molecule is COc1ccc(CCC(=O)N2CCCN(C(=O)/C=C/c3ccc(-c4ccccc4)s3)CC2)cc1. The minimum absolute atomic E-state index is 0.00203. The molecule has 0 bridgehead atoms. The zero-order chi connectivity index (χ0) is 23.8. The Bertz CT molecular complexity index is 1120. The van der Waals surface area contributed by atoms with Crippen molar-refractivity contribution in [2.75, 3.05) is 33.3 Å². The van der Waals surface area contributed by atoms with Crippen LogP contribution in [0.5, 0.6) is 5.75 Å². The van der Waals surface area contributed by atoms with E-state index in [4.69, 9.17) is 4.74 Å². The Morgan fingerprint density at radius 3 is 2.41 bits per heavy atom. The summed E-state index contributed by atoms with van der Waals surface area (Å²) in [4.78, 5) is 31.5. The van der Waals surface area contributed by atoms with E-state index >= 15 is 0 Å². The van der Waals surface area contributed by atoms with Crippen molar-refractivity contribution in [3.8, 4) is 16.2 Å². The van der Waals surface area contributed by atoms with Crippen molar-refractivity contribution < 1.29 is 14.3 Å². The lowest BCUT2D eigenvalue weighted by Gasteiger charge is -2.21. The molecule has 1 fully saturated rings. The van der Waals surface area contributed by atoms with Crippen molar-refractivity contribution in [3.05, 3.63) is 83.2 Å². The average Bonchev–Trinajstić information content (AvgIpc) is 3.22. The average molecular weight is 475 g/mol. The molecule has 6 heteroatoms. The number of benzene rings is 2. The third kappa shape index (κ3) is 6.35. The molecule has 1 saturated heterocycles. The van der Waals surface area contributed by atoms with Crippen LogP contribution in [0.1, 0.15) is 23.3 Å². The number of nitrogens with zero attached hydrogens (tertiary/aromatic N) is 2. The molecule has 0 aliphatic carbocycles. The third-order valence-corrected chi connectivity index (χ3v) is 7.12. The van der Waals surface area contributed by atoms with Gasteiger partial charge < -0.3 is 14.5 Å². The van der Waals surface area contributed by atoms with Gasteiger partial charge in [0.15, 0.2) is 0 Å². The summed E-state index contributed by atoms with van der Waals surface area (Å²) in [6, 6.07) is 22.2. The van der Waals surface area contributed by atoms with Gasteiger partial charge >= 0.3 is 0 Å². The Morgan fingerprint density at radius 2 is 1.65 bits per heavy atom. The smallest absolute Gasteiger partial charge is 0.246 e. The fourth-order valence-electron chi connectivity index (χ4n) is 4.05. The maximum Gasteiger partial charge on any atom is 0.246 e. The van der Waals surface area contributed by atoms with Crippen LogP contribution in [0.2, 0.25) is 0 Å². The lowest BCUT2D eigenvalue weighted by Crippen LogP contribution is -2.36. The van der Waals surface area contributed by atoms with Crippen LogP contribution in [0.15, 0.2) is 72.8 Å². The Kier molecular flexibility index (Phi) is 8.15. The number of methoxy groups -OCH3 is 1. The highest BCUT2D eigenvalue weighted by molar-refractivity contribution is 7.16. The van der Waals surface area contributed by atoms with Crippen LogP contribution in [-0.4, -0.2) is 54.9 Å². The van der Waals surface area contributed by atoms with Crippen LogP contribution in [0.3, 0.4) is 0 Å². The number of hydrogen-bond acceptors (Lipinski definition) is 4. The quantitative estimate of drug-likeness (QED) is 0.446. The summed E-state index contributed by atoms with van der Waals surface area (Å²) < 4.78 is 5.18. The van der Waals surface area contributed by atoms with E-state index in [0.717, 1.165) is 22.6 Å². The van der Waals surface area contributed by atoms with Gasteiger partial charge in [-0.25, -0.2) is 0 Å². The summed E-state index contributed by atoms with van der Waals surface area (Å²) in [5.41, 5.74) is 2.30. The Labute approximate surface area is 205 Å². The molecule has 2 aromatic carbocycles. The van der Waals surface area contributed by atoms with Crippen molar-refractivity contribution >= 4 is 29.2 Å². The number of amides is 2. The van der Waals surface area contributed by atoms with E-state index < -0.39 is 0 Å². The Balaban J connectivity index is 1.26. The van der Waals surface area contributed by atoms with Gasteiger partial charge in [0, 0.05) is 48.4 Å². The first kappa shape index (κ1) is 23.8. The maximum absolute atomic E-state index is 12.8. The lowest BCUT2D eigenvalue weighted by molar-refractivity contribution is -0.132. The number of rotatable bonds is 7. The maximum atomic E-state index is 12.8. The number of hydrogen-bond donors (Lipinski definition) is 0. The standard InChI is InChI=1S/C28H30N2O3S/c1-33-24-11-8-22(9-12-24)10-16-27(31)29-18-5-19-30(21-20-29)28(32)17-14-25-13-15-26(34-25)23-6-3-2-4-7-23/h2-4,6-9,11-15,17H,5,10,16,18-21H2,1H3/b17-14+. The molecule has 0 spiro atoms. The normalized spacial score (nSPS) is 14.3. The molecule has 0 saturated carbocycles. The molecule has 4 rings (SSSR count). The summed E-state index contributed by atoms with van der Waals surface area (Å²) in [5, 5.41) is 0. The minimum Gasteiger partial charge on any atom is -0.497 e. The monoisotopic (exact) mass is 474 g/mol. The molecule has 2 heterocycles. The highest BCUT2D eigenvalue weighted by Crippen LogP contribution is 2.28. The minimum atomic E-state index is 0.00203.